The van der Waals surface area contributed by atoms with Crippen LogP contribution in [0.15, 0.2) is 42.7 Å². The molecule has 5 heteroatoms. The Morgan fingerprint density at radius 3 is 2.43 bits per heavy atom. The van der Waals surface area contributed by atoms with Gasteiger partial charge < -0.3 is 10.2 Å². The van der Waals surface area contributed by atoms with E-state index in [0.29, 0.717) is 12.1 Å². The molecule has 0 aliphatic carbocycles. The summed E-state index contributed by atoms with van der Waals surface area (Å²) in [4.78, 5) is 22.9. The molecule has 0 saturated heterocycles. The van der Waals surface area contributed by atoms with Crippen molar-refractivity contribution < 1.29 is 4.79 Å². The summed E-state index contributed by atoms with van der Waals surface area (Å²) in [6.07, 6.45) is 5.33. The molecule has 2 rings (SSSR count). The molecular weight excluding hydrogens is 288 g/mol. The van der Waals surface area contributed by atoms with Crippen LogP contribution in [0.3, 0.4) is 0 Å². The molecule has 0 atom stereocenters. The maximum Gasteiger partial charge on any atom is 0.255 e. The molecular formula is C18H24N4O. The van der Waals surface area contributed by atoms with Crippen LogP contribution < -0.4 is 5.32 Å². The normalized spacial score (nSPS) is 10.3. The Labute approximate surface area is 137 Å². The van der Waals surface area contributed by atoms with Crippen molar-refractivity contribution in [3.8, 4) is 0 Å². The molecule has 0 unspecified atom stereocenters. The molecule has 1 amide bonds. The number of hydrogen-bond acceptors (Lipinski definition) is 4. The van der Waals surface area contributed by atoms with Crippen LogP contribution in [0, 0.1) is 0 Å². The van der Waals surface area contributed by atoms with Crippen molar-refractivity contribution in [1.29, 1.82) is 0 Å². The molecule has 2 heterocycles. The molecule has 2 aromatic rings. The van der Waals surface area contributed by atoms with Gasteiger partial charge in [-0.3, -0.25) is 9.78 Å². The van der Waals surface area contributed by atoms with Gasteiger partial charge in [0.15, 0.2) is 0 Å². The summed E-state index contributed by atoms with van der Waals surface area (Å²) < 4.78 is 0. The Hall–Kier alpha value is -2.43. The fourth-order valence-electron chi connectivity index (χ4n) is 2.35. The van der Waals surface area contributed by atoms with Gasteiger partial charge in [0.1, 0.15) is 5.82 Å². The average molecular weight is 312 g/mol. The van der Waals surface area contributed by atoms with Crippen molar-refractivity contribution in [3.63, 3.8) is 0 Å². The number of nitrogens with one attached hydrogen (secondary N) is 1. The Balaban J connectivity index is 1.96. The van der Waals surface area contributed by atoms with E-state index in [4.69, 9.17) is 0 Å². The minimum atomic E-state index is 0.0532. The highest BCUT2D eigenvalue weighted by Gasteiger charge is 2.14. The van der Waals surface area contributed by atoms with E-state index in [-0.39, 0.29) is 5.91 Å². The van der Waals surface area contributed by atoms with Gasteiger partial charge in [0, 0.05) is 25.5 Å². The van der Waals surface area contributed by atoms with Crippen LogP contribution in [-0.2, 0) is 6.54 Å². The number of nitrogens with zero attached hydrogens (tertiary/aromatic N) is 3. The van der Waals surface area contributed by atoms with Crippen LogP contribution in [-0.4, -0.2) is 33.9 Å². The molecule has 0 bridgehead atoms. The van der Waals surface area contributed by atoms with Crippen LogP contribution in [0.25, 0.3) is 0 Å². The summed E-state index contributed by atoms with van der Waals surface area (Å²) in [5, 5.41) is 3.21. The Bertz CT molecular complexity index is 592. The highest BCUT2D eigenvalue weighted by atomic mass is 16.2. The van der Waals surface area contributed by atoms with Crippen LogP contribution in [0.4, 0.5) is 5.82 Å². The van der Waals surface area contributed by atoms with Crippen molar-refractivity contribution in [2.45, 2.75) is 33.2 Å². The zero-order valence-corrected chi connectivity index (χ0v) is 13.8. The van der Waals surface area contributed by atoms with E-state index in [0.717, 1.165) is 37.4 Å². The maximum atomic E-state index is 12.5. The molecule has 23 heavy (non-hydrogen) atoms. The highest BCUT2D eigenvalue weighted by Crippen LogP contribution is 2.10. The fourth-order valence-corrected chi connectivity index (χ4v) is 2.35. The molecule has 5 nitrogen and oxygen atoms in total. The quantitative estimate of drug-likeness (QED) is 0.812. The van der Waals surface area contributed by atoms with E-state index >= 15 is 0 Å². The van der Waals surface area contributed by atoms with Crippen molar-refractivity contribution >= 4 is 11.7 Å². The SMILES string of the molecule is CCCN(CCC)C(=O)c1ccc(NCc2ccccn2)nc1. The number of rotatable bonds is 8. The lowest BCUT2D eigenvalue weighted by atomic mass is 10.2. The zero-order valence-electron chi connectivity index (χ0n) is 13.8. The van der Waals surface area contributed by atoms with Gasteiger partial charge >= 0.3 is 0 Å². The molecule has 0 aliphatic rings. The second kappa shape index (κ2) is 8.88. The third kappa shape index (κ3) is 5.06. The third-order valence-electron chi connectivity index (χ3n) is 3.46. The van der Waals surface area contributed by atoms with Gasteiger partial charge in [-0.15, -0.1) is 0 Å². The van der Waals surface area contributed by atoms with Crippen molar-refractivity contribution in [1.82, 2.24) is 14.9 Å². The van der Waals surface area contributed by atoms with Gasteiger partial charge in [-0.1, -0.05) is 19.9 Å². The van der Waals surface area contributed by atoms with Crippen molar-refractivity contribution in [2.24, 2.45) is 0 Å². The standard InChI is InChI=1S/C18H24N4O/c1-3-11-22(12-4-2)18(23)15-8-9-17(20-13-15)21-14-16-7-5-6-10-19-16/h5-10,13H,3-4,11-12,14H2,1-2H3,(H,20,21). The first-order valence-corrected chi connectivity index (χ1v) is 8.13. The van der Waals surface area contributed by atoms with Crippen LogP contribution in [0.5, 0.6) is 0 Å². The average Bonchev–Trinajstić information content (AvgIpc) is 2.60. The molecule has 122 valence electrons. The Kier molecular flexibility index (Phi) is 6.54. The van der Waals surface area contributed by atoms with E-state index in [1.165, 1.54) is 0 Å². The molecule has 0 fully saturated rings. The summed E-state index contributed by atoms with van der Waals surface area (Å²) in [5.41, 5.74) is 1.59. The molecule has 0 radical (unpaired) electrons. The van der Waals surface area contributed by atoms with Crippen molar-refractivity contribution in [3.05, 3.63) is 54.0 Å². The van der Waals surface area contributed by atoms with E-state index in [9.17, 15) is 4.79 Å². The summed E-state index contributed by atoms with van der Waals surface area (Å²) >= 11 is 0. The van der Waals surface area contributed by atoms with Gasteiger partial charge in [-0.25, -0.2) is 4.98 Å². The van der Waals surface area contributed by atoms with Crippen LogP contribution in [0.2, 0.25) is 0 Å². The lowest BCUT2D eigenvalue weighted by Gasteiger charge is -2.21. The lowest BCUT2D eigenvalue weighted by molar-refractivity contribution is 0.0755. The Morgan fingerprint density at radius 2 is 1.87 bits per heavy atom. The molecule has 1 N–H and O–H groups in total. The van der Waals surface area contributed by atoms with Gasteiger partial charge in [-0.2, -0.15) is 0 Å². The number of carbonyl (C=O) groups is 1. The number of aromatic nitrogens is 2. The summed E-state index contributed by atoms with van der Waals surface area (Å²) in [6, 6.07) is 9.47. The number of carbonyl (C=O) groups excluding carboxylic acids is 1. The van der Waals surface area contributed by atoms with Gasteiger partial charge in [0.25, 0.3) is 5.91 Å². The molecule has 0 saturated carbocycles. The highest BCUT2D eigenvalue weighted by molar-refractivity contribution is 5.94. The first-order valence-electron chi connectivity index (χ1n) is 8.13. The largest absolute Gasteiger partial charge is 0.364 e. The second-order valence-electron chi connectivity index (χ2n) is 5.40. The summed E-state index contributed by atoms with van der Waals surface area (Å²) in [5.74, 6) is 0.794. The van der Waals surface area contributed by atoms with Gasteiger partial charge in [0.05, 0.1) is 17.8 Å². The van der Waals surface area contributed by atoms with E-state index in [1.54, 1.807) is 12.4 Å². The van der Waals surface area contributed by atoms with Gasteiger partial charge in [-0.05, 0) is 37.1 Å². The number of anilines is 1. The van der Waals surface area contributed by atoms with E-state index in [2.05, 4.69) is 29.1 Å². The molecule has 2 aromatic heterocycles. The van der Waals surface area contributed by atoms with Crippen LogP contribution in [0.1, 0.15) is 42.7 Å². The monoisotopic (exact) mass is 312 g/mol. The molecule has 0 spiro atoms. The topological polar surface area (TPSA) is 58.1 Å². The molecule has 0 aromatic carbocycles. The second-order valence-corrected chi connectivity index (χ2v) is 5.40. The number of amides is 1. The molecule has 0 aliphatic heterocycles. The smallest absolute Gasteiger partial charge is 0.255 e. The minimum Gasteiger partial charge on any atom is -0.364 e. The predicted octanol–water partition coefficient (Wildman–Crippen LogP) is 3.35. The first kappa shape index (κ1) is 16.9. The Morgan fingerprint density at radius 1 is 1.09 bits per heavy atom. The summed E-state index contributed by atoms with van der Waals surface area (Å²) in [6.45, 7) is 6.34. The van der Waals surface area contributed by atoms with E-state index in [1.807, 2.05) is 35.2 Å². The zero-order chi connectivity index (χ0) is 16.5. The minimum absolute atomic E-state index is 0.0532. The number of pyridine rings is 2. The lowest BCUT2D eigenvalue weighted by Crippen LogP contribution is -2.32. The predicted molar refractivity (Wildman–Crippen MR) is 92.3 cm³/mol. The number of hydrogen-bond donors (Lipinski definition) is 1. The van der Waals surface area contributed by atoms with Gasteiger partial charge in [0.2, 0.25) is 0 Å². The fraction of sp³-hybridized carbons (Fsp3) is 0.389. The first-order chi connectivity index (χ1) is 11.2. The third-order valence-corrected chi connectivity index (χ3v) is 3.46. The summed E-state index contributed by atoms with van der Waals surface area (Å²) in [7, 11) is 0. The van der Waals surface area contributed by atoms with Crippen molar-refractivity contribution in [2.75, 3.05) is 18.4 Å². The van der Waals surface area contributed by atoms with E-state index < -0.39 is 0 Å². The van der Waals surface area contributed by atoms with Crippen LogP contribution >= 0.6 is 0 Å². The maximum absolute atomic E-state index is 12.5.